The summed E-state index contributed by atoms with van der Waals surface area (Å²) in [6.07, 6.45) is 0.503. The summed E-state index contributed by atoms with van der Waals surface area (Å²) in [5.74, 6) is 0.577. The van der Waals surface area contributed by atoms with E-state index in [9.17, 15) is 13.2 Å². The number of hydrogen-bond donors (Lipinski definition) is 0. The van der Waals surface area contributed by atoms with Crippen molar-refractivity contribution in [3.05, 3.63) is 54.1 Å². The van der Waals surface area contributed by atoms with E-state index in [1.54, 1.807) is 11.0 Å². The van der Waals surface area contributed by atoms with E-state index in [1.807, 2.05) is 37.4 Å². The Morgan fingerprint density at radius 3 is 2.25 bits per heavy atom. The van der Waals surface area contributed by atoms with Gasteiger partial charge in [0.15, 0.2) is 11.5 Å². The first kappa shape index (κ1) is 24.0. The number of amides is 1. The average molecular weight is 462 g/mol. The Kier molecular flexibility index (Phi) is 8.11. The van der Waals surface area contributed by atoms with Gasteiger partial charge in [0, 0.05) is 38.8 Å². The summed E-state index contributed by atoms with van der Waals surface area (Å²) >= 11 is 0. The van der Waals surface area contributed by atoms with Crippen LogP contribution in [0.2, 0.25) is 0 Å². The topological polar surface area (TPSA) is 79.4 Å². The van der Waals surface area contributed by atoms with Crippen LogP contribution in [0.25, 0.3) is 0 Å². The van der Waals surface area contributed by atoms with Crippen molar-refractivity contribution in [3.63, 3.8) is 0 Å². The van der Waals surface area contributed by atoms with Gasteiger partial charge in [-0.2, -0.15) is 4.31 Å². The minimum atomic E-state index is -3.93. The van der Waals surface area contributed by atoms with Crippen LogP contribution >= 0.6 is 0 Å². The molecule has 0 aliphatic carbocycles. The number of piperazine rings is 1. The highest BCUT2D eigenvalue weighted by Gasteiger charge is 2.30. The number of nitrogens with zero attached hydrogens (tertiary/aromatic N) is 3. The lowest BCUT2D eigenvalue weighted by Crippen LogP contribution is -2.51. The third-order valence-corrected chi connectivity index (χ3v) is 7.49. The Morgan fingerprint density at radius 2 is 1.62 bits per heavy atom. The molecular weight excluding hydrogens is 430 g/mol. The maximum atomic E-state index is 13.5. The molecular formula is C23H31N3O5S. The summed E-state index contributed by atoms with van der Waals surface area (Å²) in [5.41, 5.74) is 1.01. The highest BCUT2D eigenvalue weighted by molar-refractivity contribution is 7.89. The molecule has 0 spiro atoms. The molecule has 32 heavy (non-hydrogen) atoms. The standard InChI is InChI=1S/C23H31N3O5S/c1-24-13-15-25(16-14-24)23(27)18-26(12-11-19-7-5-4-6-8-19)32(28,29)20-9-10-21(30-2)22(17-20)31-3/h4-10,17H,11-16,18H2,1-3H3. The Bertz CT molecular complexity index is 1010. The van der Waals surface area contributed by atoms with Crippen molar-refractivity contribution in [3.8, 4) is 11.5 Å². The predicted molar refractivity (Wildman–Crippen MR) is 123 cm³/mol. The van der Waals surface area contributed by atoms with Crippen LogP contribution in [-0.4, -0.2) is 89.0 Å². The van der Waals surface area contributed by atoms with Crippen LogP contribution in [0.5, 0.6) is 11.5 Å². The van der Waals surface area contributed by atoms with Gasteiger partial charge in [0.25, 0.3) is 0 Å². The minimum absolute atomic E-state index is 0.0642. The number of hydrogen-bond acceptors (Lipinski definition) is 6. The Balaban J connectivity index is 1.85. The summed E-state index contributed by atoms with van der Waals surface area (Å²) < 4.78 is 38.9. The van der Waals surface area contributed by atoms with Gasteiger partial charge in [-0.1, -0.05) is 30.3 Å². The largest absolute Gasteiger partial charge is 0.493 e. The van der Waals surface area contributed by atoms with Gasteiger partial charge in [0.1, 0.15) is 0 Å². The Labute approximate surface area is 190 Å². The molecule has 0 unspecified atom stereocenters. The molecule has 1 saturated heterocycles. The number of benzene rings is 2. The second-order valence-electron chi connectivity index (χ2n) is 7.78. The molecule has 1 amide bonds. The van der Waals surface area contributed by atoms with Crippen molar-refractivity contribution in [2.45, 2.75) is 11.3 Å². The Morgan fingerprint density at radius 1 is 0.969 bits per heavy atom. The molecule has 0 bridgehead atoms. The van der Waals surface area contributed by atoms with E-state index >= 15 is 0 Å². The van der Waals surface area contributed by atoms with Gasteiger partial charge in [-0.15, -0.1) is 0 Å². The predicted octanol–water partition coefficient (Wildman–Crippen LogP) is 1.71. The summed E-state index contributed by atoms with van der Waals surface area (Å²) in [4.78, 5) is 16.9. The van der Waals surface area contributed by atoms with Crippen LogP contribution in [0.15, 0.2) is 53.4 Å². The summed E-state index contributed by atoms with van der Waals surface area (Å²) in [7, 11) is 1.03. The van der Waals surface area contributed by atoms with Crippen molar-refractivity contribution in [1.29, 1.82) is 0 Å². The monoisotopic (exact) mass is 461 g/mol. The van der Waals surface area contributed by atoms with Crippen LogP contribution in [0.3, 0.4) is 0 Å². The van der Waals surface area contributed by atoms with Gasteiger partial charge in [-0.05, 0) is 31.2 Å². The number of rotatable bonds is 9. The smallest absolute Gasteiger partial charge is 0.243 e. The second-order valence-corrected chi connectivity index (χ2v) is 9.71. The molecule has 0 N–H and O–H groups in total. The lowest BCUT2D eigenvalue weighted by atomic mass is 10.1. The van der Waals surface area contributed by atoms with Gasteiger partial charge in [0.2, 0.25) is 15.9 Å². The molecule has 1 aliphatic rings. The zero-order valence-corrected chi connectivity index (χ0v) is 19.7. The third kappa shape index (κ3) is 5.79. The highest BCUT2D eigenvalue weighted by atomic mass is 32.2. The first-order valence-electron chi connectivity index (χ1n) is 10.6. The average Bonchev–Trinajstić information content (AvgIpc) is 2.82. The van der Waals surface area contributed by atoms with Gasteiger partial charge >= 0.3 is 0 Å². The quantitative estimate of drug-likeness (QED) is 0.566. The number of methoxy groups -OCH3 is 2. The molecule has 0 saturated carbocycles. The fourth-order valence-electron chi connectivity index (χ4n) is 3.62. The Hall–Kier alpha value is -2.62. The molecule has 2 aromatic carbocycles. The lowest BCUT2D eigenvalue weighted by Gasteiger charge is -2.33. The van der Waals surface area contributed by atoms with Crippen LogP contribution < -0.4 is 9.47 Å². The second kappa shape index (κ2) is 10.8. The van der Waals surface area contributed by atoms with Crippen LogP contribution in [0.4, 0.5) is 0 Å². The lowest BCUT2D eigenvalue weighted by molar-refractivity contribution is -0.132. The van der Waals surface area contributed by atoms with Gasteiger partial charge in [0.05, 0.1) is 25.7 Å². The number of ether oxygens (including phenoxy) is 2. The van der Waals surface area contributed by atoms with E-state index in [-0.39, 0.29) is 23.9 Å². The molecule has 1 heterocycles. The molecule has 0 aromatic heterocycles. The molecule has 8 nitrogen and oxygen atoms in total. The van der Waals surface area contributed by atoms with E-state index in [0.717, 1.165) is 18.7 Å². The van der Waals surface area contributed by atoms with Crippen LogP contribution in [0.1, 0.15) is 5.56 Å². The van der Waals surface area contributed by atoms with E-state index in [4.69, 9.17) is 9.47 Å². The zero-order valence-electron chi connectivity index (χ0n) is 18.9. The van der Waals surface area contributed by atoms with E-state index < -0.39 is 10.0 Å². The molecule has 0 radical (unpaired) electrons. The van der Waals surface area contributed by atoms with E-state index in [0.29, 0.717) is 31.0 Å². The molecule has 1 aliphatic heterocycles. The minimum Gasteiger partial charge on any atom is -0.493 e. The van der Waals surface area contributed by atoms with Crippen molar-refractivity contribution >= 4 is 15.9 Å². The van der Waals surface area contributed by atoms with E-state index in [1.165, 1.54) is 30.7 Å². The molecule has 9 heteroatoms. The van der Waals surface area contributed by atoms with Crippen molar-refractivity contribution in [2.24, 2.45) is 0 Å². The van der Waals surface area contributed by atoms with Crippen molar-refractivity contribution in [1.82, 2.24) is 14.1 Å². The van der Waals surface area contributed by atoms with Gasteiger partial charge in [-0.3, -0.25) is 4.79 Å². The van der Waals surface area contributed by atoms with Gasteiger partial charge < -0.3 is 19.3 Å². The maximum absolute atomic E-state index is 13.5. The summed E-state index contributed by atoms with van der Waals surface area (Å²) in [6.45, 7) is 2.74. The SMILES string of the molecule is COc1ccc(S(=O)(=O)N(CCc2ccccc2)CC(=O)N2CCN(C)CC2)cc1OC. The van der Waals surface area contributed by atoms with Crippen molar-refractivity contribution < 1.29 is 22.7 Å². The number of carbonyl (C=O) groups is 1. The summed E-state index contributed by atoms with van der Waals surface area (Å²) in [6, 6.07) is 14.1. The molecule has 2 aromatic rings. The highest BCUT2D eigenvalue weighted by Crippen LogP contribution is 2.30. The third-order valence-electron chi connectivity index (χ3n) is 5.65. The number of sulfonamides is 1. The number of likely N-dealkylation sites (N-methyl/N-ethyl adjacent to an activating group) is 1. The fourth-order valence-corrected chi connectivity index (χ4v) is 5.02. The van der Waals surface area contributed by atoms with Crippen molar-refractivity contribution in [2.75, 3.05) is 60.5 Å². The maximum Gasteiger partial charge on any atom is 0.243 e. The van der Waals surface area contributed by atoms with E-state index in [2.05, 4.69) is 4.90 Å². The van der Waals surface area contributed by atoms with Crippen LogP contribution in [-0.2, 0) is 21.2 Å². The molecule has 1 fully saturated rings. The van der Waals surface area contributed by atoms with Gasteiger partial charge in [-0.25, -0.2) is 8.42 Å². The first-order valence-corrected chi connectivity index (χ1v) is 12.0. The first-order chi connectivity index (χ1) is 15.3. The molecule has 174 valence electrons. The normalized spacial score (nSPS) is 15.1. The number of carbonyl (C=O) groups excluding carboxylic acids is 1. The molecule has 0 atom stereocenters. The van der Waals surface area contributed by atoms with Crippen LogP contribution in [0, 0.1) is 0 Å². The zero-order chi connectivity index (χ0) is 23.1. The summed E-state index contributed by atoms with van der Waals surface area (Å²) in [5, 5.41) is 0. The fraction of sp³-hybridized carbons (Fsp3) is 0.435. The molecule has 3 rings (SSSR count).